The number of hydrogen-bond acceptors (Lipinski definition) is 3. The van der Waals surface area contributed by atoms with Gasteiger partial charge < -0.3 is 15.2 Å². The van der Waals surface area contributed by atoms with Gasteiger partial charge in [-0.15, -0.1) is 0 Å². The number of ether oxygens (including phenoxy) is 1. The van der Waals surface area contributed by atoms with E-state index in [-0.39, 0.29) is 5.91 Å². The number of carboxylic acid groups (broad SMARTS) is 1. The van der Waals surface area contributed by atoms with E-state index >= 15 is 0 Å². The predicted octanol–water partition coefficient (Wildman–Crippen LogP) is 3.32. The first kappa shape index (κ1) is 16.8. The maximum Gasteiger partial charge on any atom is 0.307 e. The van der Waals surface area contributed by atoms with Crippen molar-refractivity contribution in [2.45, 2.75) is 32.3 Å². The fourth-order valence-corrected chi connectivity index (χ4v) is 3.12. The summed E-state index contributed by atoms with van der Waals surface area (Å²) in [7, 11) is 1.56. The molecule has 1 amide bonds. The molecule has 2 rings (SSSR count). The standard InChI is InChI=1S/C16H20ClNO4/c1-22-9-10-8-11(17)6-7-14(10)18-15(19)12-4-2-3-5-13(12)16(20)21/h6-8,12-13H,2-5,9H2,1H3,(H,18,19)(H,20,21)/t12-,13+/m1/s1. The Morgan fingerprint density at radius 2 is 2.00 bits per heavy atom. The molecule has 1 saturated carbocycles. The molecule has 1 aliphatic rings. The zero-order chi connectivity index (χ0) is 16.1. The summed E-state index contributed by atoms with van der Waals surface area (Å²) >= 11 is 5.96. The molecule has 0 spiro atoms. The average molecular weight is 326 g/mol. The minimum Gasteiger partial charge on any atom is -0.481 e. The first-order chi connectivity index (χ1) is 10.5. The summed E-state index contributed by atoms with van der Waals surface area (Å²) in [6.45, 7) is 0.323. The summed E-state index contributed by atoms with van der Waals surface area (Å²) in [6, 6.07) is 5.13. The fraction of sp³-hybridized carbons (Fsp3) is 0.500. The molecule has 120 valence electrons. The lowest BCUT2D eigenvalue weighted by Gasteiger charge is -2.27. The van der Waals surface area contributed by atoms with Crippen molar-refractivity contribution < 1.29 is 19.4 Å². The van der Waals surface area contributed by atoms with Crippen LogP contribution in [0.5, 0.6) is 0 Å². The Morgan fingerprint density at radius 3 is 2.64 bits per heavy atom. The number of nitrogens with one attached hydrogen (secondary N) is 1. The lowest BCUT2D eigenvalue weighted by Crippen LogP contribution is -2.36. The van der Waals surface area contributed by atoms with Gasteiger partial charge in [0.25, 0.3) is 0 Å². The first-order valence-electron chi connectivity index (χ1n) is 7.34. The van der Waals surface area contributed by atoms with Crippen molar-refractivity contribution in [1.29, 1.82) is 0 Å². The zero-order valence-corrected chi connectivity index (χ0v) is 13.2. The van der Waals surface area contributed by atoms with Crippen molar-refractivity contribution in [2.75, 3.05) is 12.4 Å². The van der Waals surface area contributed by atoms with Crippen molar-refractivity contribution in [2.24, 2.45) is 11.8 Å². The van der Waals surface area contributed by atoms with Crippen molar-refractivity contribution in [3.63, 3.8) is 0 Å². The van der Waals surface area contributed by atoms with Crippen molar-refractivity contribution in [1.82, 2.24) is 0 Å². The molecule has 1 aliphatic carbocycles. The smallest absolute Gasteiger partial charge is 0.307 e. The third-order valence-electron chi connectivity index (χ3n) is 4.04. The number of carboxylic acids is 1. The minimum atomic E-state index is -0.895. The highest BCUT2D eigenvalue weighted by atomic mass is 35.5. The molecular weight excluding hydrogens is 306 g/mol. The van der Waals surface area contributed by atoms with Gasteiger partial charge in [-0.3, -0.25) is 9.59 Å². The minimum absolute atomic E-state index is 0.244. The monoisotopic (exact) mass is 325 g/mol. The average Bonchev–Trinajstić information content (AvgIpc) is 2.50. The van der Waals surface area contributed by atoms with Crippen LogP contribution < -0.4 is 5.32 Å². The number of rotatable bonds is 5. The Balaban J connectivity index is 2.15. The van der Waals surface area contributed by atoms with E-state index in [1.807, 2.05) is 0 Å². The Kier molecular flexibility index (Phi) is 5.80. The molecule has 0 aromatic heterocycles. The molecular formula is C16H20ClNO4. The molecule has 6 heteroatoms. The van der Waals surface area contributed by atoms with E-state index in [1.54, 1.807) is 25.3 Å². The Morgan fingerprint density at radius 1 is 1.32 bits per heavy atom. The van der Waals surface area contributed by atoms with E-state index in [0.717, 1.165) is 18.4 Å². The molecule has 0 aliphatic heterocycles. The summed E-state index contributed by atoms with van der Waals surface area (Å²) in [5.41, 5.74) is 1.39. The van der Waals surface area contributed by atoms with Crippen molar-refractivity contribution in [3.8, 4) is 0 Å². The van der Waals surface area contributed by atoms with Crippen LogP contribution in [0, 0.1) is 11.8 Å². The van der Waals surface area contributed by atoms with Crippen LogP contribution in [0.25, 0.3) is 0 Å². The van der Waals surface area contributed by atoms with E-state index in [4.69, 9.17) is 16.3 Å². The van der Waals surface area contributed by atoms with E-state index in [1.165, 1.54) is 0 Å². The molecule has 0 unspecified atom stereocenters. The largest absolute Gasteiger partial charge is 0.481 e. The second kappa shape index (κ2) is 7.61. The second-order valence-electron chi connectivity index (χ2n) is 5.56. The molecule has 0 heterocycles. The Hall–Kier alpha value is -1.59. The van der Waals surface area contributed by atoms with Crippen molar-refractivity contribution >= 4 is 29.2 Å². The van der Waals surface area contributed by atoms with Gasteiger partial charge in [0.1, 0.15) is 0 Å². The predicted molar refractivity (Wildman–Crippen MR) is 83.9 cm³/mol. The molecule has 1 aromatic rings. The number of anilines is 1. The molecule has 22 heavy (non-hydrogen) atoms. The first-order valence-corrected chi connectivity index (χ1v) is 7.71. The van der Waals surface area contributed by atoms with Gasteiger partial charge in [0.05, 0.1) is 18.4 Å². The summed E-state index contributed by atoms with van der Waals surface area (Å²) in [6.07, 6.45) is 2.90. The number of hydrogen-bond donors (Lipinski definition) is 2. The molecule has 5 nitrogen and oxygen atoms in total. The molecule has 0 bridgehead atoms. The third kappa shape index (κ3) is 3.99. The van der Waals surface area contributed by atoms with E-state index in [9.17, 15) is 14.7 Å². The van der Waals surface area contributed by atoms with Crippen LogP contribution in [-0.4, -0.2) is 24.1 Å². The lowest BCUT2D eigenvalue weighted by molar-refractivity contribution is -0.147. The van der Waals surface area contributed by atoms with Gasteiger partial charge in [0.2, 0.25) is 5.91 Å². The SMILES string of the molecule is COCc1cc(Cl)ccc1NC(=O)[C@@H]1CCCC[C@@H]1C(=O)O. The Bertz CT molecular complexity index is 561. The summed E-state index contributed by atoms with van der Waals surface area (Å²) < 4.78 is 5.11. The van der Waals surface area contributed by atoms with E-state index in [0.29, 0.717) is 30.2 Å². The molecule has 2 atom stereocenters. The highest BCUT2D eigenvalue weighted by molar-refractivity contribution is 6.30. The number of methoxy groups -OCH3 is 1. The number of carbonyl (C=O) groups excluding carboxylic acids is 1. The number of amides is 1. The van der Waals surface area contributed by atoms with Crippen LogP contribution in [0.4, 0.5) is 5.69 Å². The number of carbonyl (C=O) groups is 2. The van der Waals surface area contributed by atoms with Gasteiger partial charge in [-0.1, -0.05) is 24.4 Å². The van der Waals surface area contributed by atoms with Crippen LogP contribution in [0.3, 0.4) is 0 Å². The number of halogens is 1. The van der Waals surface area contributed by atoms with Crippen LogP contribution in [0.15, 0.2) is 18.2 Å². The van der Waals surface area contributed by atoms with Crippen LogP contribution in [-0.2, 0) is 20.9 Å². The third-order valence-corrected chi connectivity index (χ3v) is 4.28. The Labute approximate surface area is 134 Å². The molecule has 0 saturated heterocycles. The highest BCUT2D eigenvalue weighted by Crippen LogP contribution is 2.32. The summed E-state index contributed by atoms with van der Waals surface area (Å²) in [5.74, 6) is -2.23. The maximum absolute atomic E-state index is 12.5. The van der Waals surface area contributed by atoms with Crippen LogP contribution in [0.2, 0.25) is 5.02 Å². The van der Waals surface area contributed by atoms with Crippen molar-refractivity contribution in [3.05, 3.63) is 28.8 Å². The normalized spacial score (nSPS) is 21.4. The second-order valence-corrected chi connectivity index (χ2v) is 6.00. The topological polar surface area (TPSA) is 75.6 Å². The van der Waals surface area contributed by atoms with Crippen LogP contribution >= 0.6 is 11.6 Å². The fourth-order valence-electron chi connectivity index (χ4n) is 2.92. The van der Waals surface area contributed by atoms with Gasteiger partial charge >= 0.3 is 5.97 Å². The van der Waals surface area contributed by atoms with Gasteiger partial charge in [-0.05, 0) is 31.0 Å². The highest BCUT2D eigenvalue weighted by Gasteiger charge is 2.35. The molecule has 0 radical (unpaired) electrons. The van der Waals surface area contributed by atoms with Gasteiger partial charge in [-0.2, -0.15) is 0 Å². The van der Waals surface area contributed by atoms with E-state index in [2.05, 4.69) is 5.32 Å². The summed E-state index contributed by atoms with van der Waals surface area (Å²) in [5, 5.41) is 12.7. The maximum atomic E-state index is 12.5. The lowest BCUT2D eigenvalue weighted by atomic mass is 9.78. The number of benzene rings is 1. The van der Waals surface area contributed by atoms with E-state index < -0.39 is 17.8 Å². The van der Waals surface area contributed by atoms with Crippen LogP contribution in [0.1, 0.15) is 31.2 Å². The number of aliphatic carboxylic acids is 1. The molecule has 1 aromatic carbocycles. The van der Waals surface area contributed by atoms with Gasteiger partial charge in [0.15, 0.2) is 0 Å². The van der Waals surface area contributed by atoms with Gasteiger partial charge in [0, 0.05) is 23.4 Å². The van der Waals surface area contributed by atoms with Gasteiger partial charge in [-0.25, -0.2) is 0 Å². The summed E-state index contributed by atoms with van der Waals surface area (Å²) in [4.78, 5) is 23.8. The quantitative estimate of drug-likeness (QED) is 0.870. The molecule has 2 N–H and O–H groups in total. The zero-order valence-electron chi connectivity index (χ0n) is 12.5. The molecule has 1 fully saturated rings.